The van der Waals surface area contributed by atoms with Crippen LogP contribution in [-0.2, 0) is 4.79 Å². The van der Waals surface area contributed by atoms with Gasteiger partial charge in [0.1, 0.15) is 0 Å². The third-order valence-electron chi connectivity index (χ3n) is 4.61. The molecule has 138 valence electrons. The summed E-state index contributed by atoms with van der Waals surface area (Å²) < 4.78 is 0. The second kappa shape index (κ2) is 8.63. The van der Waals surface area contributed by atoms with Crippen LogP contribution in [0.1, 0.15) is 23.5 Å². The highest BCUT2D eigenvalue weighted by atomic mass is 32.1. The topological polar surface area (TPSA) is 42.0 Å². The first-order valence-electron chi connectivity index (χ1n) is 9.20. The summed E-state index contributed by atoms with van der Waals surface area (Å²) in [5.41, 5.74) is 4.19. The number of nitrogens with one attached hydrogen (secondary N) is 1. The molecule has 4 rings (SSSR count). The van der Waals surface area contributed by atoms with Gasteiger partial charge in [0.2, 0.25) is 5.91 Å². The number of hydrogen-bond acceptors (Lipinski definition) is 3. The lowest BCUT2D eigenvalue weighted by Crippen LogP contribution is -2.16. The number of anilines is 1. The molecule has 0 spiro atoms. The zero-order valence-corrected chi connectivity index (χ0v) is 16.1. The SMILES string of the molecule is O=C(CC(c1ccccc1)c1ccccc1)Nc1nc(-c2ccccc2)cs1. The maximum absolute atomic E-state index is 12.8. The second-order valence-electron chi connectivity index (χ2n) is 6.53. The number of rotatable bonds is 6. The molecule has 0 aliphatic heterocycles. The number of thiazole rings is 1. The van der Waals surface area contributed by atoms with E-state index in [1.165, 1.54) is 11.3 Å². The average Bonchev–Trinajstić information content (AvgIpc) is 3.22. The van der Waals surface area contributed by atoms with Gasteiger partial charge in [-0.3, -0.25) is 4.79 Å². The van der Waals surface area contributed by atoms with Crippen molar-refractivity contribution >= 4 is 22.4 Å². The highest BCUT2D eigenvalue weighted by Crippen LogP contribution is 2.29. The molecule has 3 aromatic carbocycles. The zero-order valence-electron chi connectivity index (χ0n) is 15.3. The highest BCUT2D eigenvalue weighted by Gasteiger charge is 2.19. The number of benzene rings is 3. The van der Waals surface area contributed by atoms with Crippen LogP contribution in [0.4, 0.5) is 5.13 Å². The van der Waals surface area contributed by atoms with Gasteiger partial charge in [0.05, 0.1) is 5.69 Å². The largest absolute Gasteiger partial charge is 0.302 e. The Hall–Kier alpha value is -3.24. The van der Waals surface area contributed by atoms with Gasteiger partial charge >= 0.3 is 0 Å². The Kier molecular flexibility index (Phi) is 5.59. The number of carbonyl (C=O) groups excluding carboxylic acids is 1. The van der Waals surface area contributed by atoms with Crippen molar-refractivity contribution in [2.45, 2.75) is 12.3 Å². The summed E-state index contributed by atoms with van der Waals surface area (Å²) >= 11 is 1.45. The van der Waals surface area contributed by atoms with Crippen molar-refractivity contribution in [3.63, 3.8) is 0 Å². The van der Waals surface area contributed by atoms with Gasteiger partial charge in [-0.1, -0.05) is 91.0 Å². The molecule has 1 heterocycles. The van der Waals surface area contributed by atoms with Crippen LogP contribution in [0.3, 0.4) is 0 Å². The predicted octanol–water partition coefficient (Wildman–Crippen LogP) is 5.97. The van der Waals surface area contributed by atoms with Gasteiger partial charge in [0.15, 0.2) is 5.13 Å². The van der Waals surface area contributed by atoms with Gasteiger partial charge in [-0.15, -0.1) is 11.3 Å². The minimum absolute atomic E-state index is 0.0101. The van der Waals surface area contributed by atoms with Crippen molar-refractivity contribution in [2.75, 3.05) is 5.32 Å². The normalized spacial score (nSPS) is 10.8. The summed E-state index contributed by atoms with van der Waals surface area (Å²) in [7, 11) is 0. The Morgan fingerprint density at radius 1 is 0.821 bits per heavy atom. The molecule has 0 unspecified atom stereocenters. The fourth-order valence-electron chi connectivity index (χ4n) is 3.23. The number of carbonyl (C=O) groups is 1. The quantitative estimate of drug-likeness (QED) is 0.445. The Morgan fingerprint density at radius 3 is 1.93 bits per heavy atom. The zero-order chi connectivity index (χ0) is 19.2. The fraction of sp³-hybridized carbons (Fsp3) is 0.0833. The lowest BCUT2D eigenvalue weighted by molar-refractivity contribution is -0.116. The molecule has 1 aromatic heterocycles. The fourth-order valence-corrected chi connectivity index (χ4v) is 3.96. The first-order chi connectivity index (χ1) is 13.8. The predicted molar refractivity (Wildman–Crippen MR) is 116 cm³/mol. The minimum Gasteiger partial charge on any atom is -0.302 e. The summed E-state index contributed by atoms with van der Waals surface area (Å²) in [6.07, 6.45) is 0.369. The van der Waals surface area contributed by atoms with E-state index in [0.717, 1.165) is 22.4 Å². The number of nitrogens with zero attached hydrogens (tertiary/aromatic N) is 1. The minimum atomic E-state index is -0.0355. The molecule has 1 amide bonds. The van der Waals surface area contributed by atoms with Gasteiger partial charge in [0.25, 0.3) is 0 Å². The lowest BCUT2D eigenvalue weighted by atomic mass is 9.88. The van der Waals surface area contributed by atoms with Crippen molar-refractivity contribution in [1.29, 1.82) is 0 Å². The molecular weight excluding hydrogens is 364 g/mol. The molecule has 0 atom stereocenters. The van der Waals surface area contributed by atoms with Crippen LogP contribution in [-0.4, -0.2) is 10.9 Å². The summed E-state index contributed by atoms with van der Waals surface area (Å²) in [6.45, 7) is 0. The summed E-state index contributed by atoms with van der Waals surface area (Å²) in [6, 6.07) is 30.3. The lowest BCUT2D eigenvalue weighted by Gasteiger charge is -2.17. The third-order valence-corrected chi connectivity index (χ3v) is 5.37. The van der Waals surface area contributed by atoms with Crippen LogP contribution in [0.5, 0.6) is 0 Å². The second-order valence-corrected chi connectivity index (χ2v) is 7.39. The van der Waals surface area contributed by atoms with E-state index in [9.17, 15) is 4.79 Å². The first-order valence-corrected chi connectivity index (χ1v) is 10.1. The van der Waals surface area contributed by atoms with Crippen LogP contribution in [0.2, 0.25) is 0 Å². The third kappa shape index (κ3) is 4.35. The molecule has 3 nitrogen and oxygen atoms in total. The Balaban J connectivity index is 1.50. The van der Waals surface area contributed by atoms with Crippen molar-refractivity contribution in [3.8, 4) is 11.3 Å². The number of aromatic nitrogens is 1. The Labute approximate surface area is 168 Å². The van der Waals surface area contributed by atoms with Crippen molar-refractivity contribution in [1.82, 2.24) is 4.98 Å². The highest BCUT2D eigenvalue weighted by molar-refractivity contribution is 7.14. The molecule has 0 saturated carbocycles. The molecule has 0 bridgehead atoms. The molecule has 4 heteroatoms. The summed E-state index contributed by atoms with van der Waals surface area (Å²) in [5.74, 6) is -0.0253. The van der Waals surface area contributed by atoms with E-state index in [1.54, 1.807) is 0 Å². The van der Waals surface area contributed by atoms with Crippen molar-refractivity contribution < 1.29 is 4.79 Å². The van der Waals surface area contributed by atoms with E-state index >= 15 is 0 Å². The van der Waals surface area contributed by atoms with Crippen LogP contribution in [0.25, 0.3) is 11.3 Å². The molecular formula is C24H20N2OS. The van der Waals surface area contributed by atoms with Gasteiger partial charge in [0, 0.05) is 23.3 Å². The van der Waals surface area contributed by atoms with Crippen LogP contribution in [0, 0.1) is 0 Å². The van der Waals surface area contributed by atoms with Crippen molar-refractivity contribution in [3.05, 3.63) is 108 Å². The van der Waals surface area contributed by atoms with E-state index in [1.807, 2.05) is 72.1 Å². The maximum Gasteiger partial charge on any atom is 0.227 e. The number of hydrogen-bond donors (Lipinski definition) is 1. The maximum atomic E-state index is 12.8. The van der Waals surface area contributed by atoms with E-state index < -0.39 is 0 Å². The van der Waals surface area contributed by atoms with E-state index in [0.29, 0.717) is 11.6 Å². The van der Waals surface area contributed by atoms with Gasteiger partial charge in [-0.05, 0) is 11.1 Å². The van der Waals surface area contributed by atoms with Crippen LogP contribution >= 0.6 is 11.3 Å². The summed E-state index contributed by atoms with van der Waals surface area (Å²) in [5, 5.41) is 5.57. The van der Waals surface area contributed by atoms with Gasteiger partial charge < -0.3 is 5.32 Å². The van der Waals surface area contributed by atoms with E-state index in [2.05, 4.69) is 34.6 Å². The Bertz CT molecular complexity index is 990. The first kappa shape index (κ1) is 18.1. The van der Waals surface area contributed by atoms with Gasteiger partial charge in [-0.2, -0.15) is 0 Å². The van der Waals surface area contributed by atoms with Crippen LogP contribution < -0.4 is 5.32 Å². The molecule has 0 aliphatic carbocycles. The average molecular weight is 385 g/mol. The summed E-state index contributed by atoms with van der Waals surface area (Å²) in [4.78, 5) is 17.3. The molecule has 0 fully saturated rings. The number of amides is 1. The molecule has 1 N–H and O–H groups in total. The standard InChI is InChI=1S/C24H20N2OS/c27-23(26-24-25-22(17-28-24)20-14-8-3-9-15-20)16-21(18-10-4-1-5-11-18)19-12-6-2-7-13-19/h1-15,17,21H,16H2,(H,25,26,27). The molecule has 28 heavy (non-hydrogen) atoms. The smallest absolute Gasteiger partial charge is 0.227 e. The molecule has 0 aliphatic rings. The van der Waals surface area contributed by atoms with Crippen LogP contribution in [0.15, 0.2) is 96.4 Å². The molecule has 4 aromatic rings. The van der Waals surface area contributed by atoms with E-state index in [4.69, 9.17) is 0 Å². The van der Waals surface area contributed by atoms with Gasteiger partial charge in [-0.25, -0.2) is 4.98 Å². The van der Waals surface area contributed by atoms with Crippen molar-refractivity contribution in [2.24, 2.45) is 0 Å². The monoisotopic (exact) mass is 384 g/mol. The Morgan fingerprint density at radius 2 is 1.36 bits per heavy atom. The molecule has 0 saturated heterocycles. The molecule has 0 radical (unpaired) electrons. The van der Waals surface area contributed by atoms with E-state index in [-0.39, 0.29) is 11.8 Å².